The number of alkyl halides is 6. The van der Waals surface area contributed by atoms with Gasteiger partial charge in [-0.05, 0) is 66.3 Å². The summed E-state index contributed by atoms with van der Waals surface area (Å²) in [5.41, 5.74) is 4.03. The van der Waals surface area contributed by atoms with Gasteiger partial charge in [0.2, 0.25) is 0 Å². The summed E-state index contributed by atoms with van der Waals surface area (Å²) in [5, 5.41) is 26.0. The number of carbonyl (C=O) groups is 2. The van der Waals surface area contributed by atoms with Gasteiger partial charge in [-0.15, -0.1) is 12.4 Å². The van der Waals surface area contributed by atoms with Crippen LogP contribution in [0.1, 0.15) is 30.9 Å². The molecule has 3 aromatic carbocycles. The molecule has 0 aromatic heterocycles. The molecule has 3 atom stereocenters. The molecule has 0 saturated carbocycles. The second kappa shape index (κ2) is 14.8. The predicted molar refractivity (Wildman–Crippen MR) is 152 cm³/mol. The Hall–Kier alpha value is -3.85. The summed E-state index contributed by atoms with van der Waals surface area (Å²) >= 11 is 0. The smallest absolute Gasteiger partial charge is 0.471 e. The van der Waals surface area contributed by atoms with E-state index in [1.165, 1.54) is 24.3 Å². The summed E-state index contributed by atoms with van der Waals surface area (Å²) in [6.45, 7) is 1.69. The number of nitrogens with one attached hydrogen (secondary N) is 2. The molecule has 2 unspecified atom stereocenters. The molecule has 6 N–H and O–H groups in total. The second-order valence-electron chi connectivity index (χ2n) is 9.93. The molecule has 0 aliphatic carbocycles. The van der Waals surface area contributed by atoms with Gasteiger partial charge in [-0.1, -0.05) is 49.4 Å². The molecule has 0 radical (unpaired) electrons. The average Bonchev–Trinajstić information content (AvgIpc) is 2.93. The van der Waals surface area contributed by atoms with Gasteiger partial charge in [0, 0.05) is 11.4 Å². The molecular formula is C29H30ClF6N3O5. The Morgan fingerprint density at radius 3 is 1.59 bits per heavy atom. The SMILES string of the molecule is CC(C[C@H](O)C(N)Oc1ccccc1)CC(O)(c1ccc(NC(=O)C(F)(F)F)cc1)c1ccc(NC(=O)C(F)(F)F)cc1.Cl. The maximum Gasteiger partial charge on any atom is 0.471 e. The molecule has 240 valence electrons. The highest BCUT2D eigenvalue weighted by molar-refractivity contribution is 5.95. The quantitative estimate of drug-likeness (QED) is 0.138. The van der Waals surface area contributed by atoms with Gasteiger partial charge in [0.05, 0.1) is 0 Å². The molecule has 0 spiro atoms. The lowest BCUT2D eigenvalue weighted by Gasteiger charge is -2.33. The number of nitrogens with two attached hydrogens (primary N) is 1. The standard InChI is InChI=1S/C29H29F6N3O5.ClH/c1-17(15-23(39)24(36)43-22-5-3-2-4-6-22)16-27(42,18-7-11-20(12-8-18)37-25(40)28(30,31)32)19-9-13-21(14-10-19)38-26(41)29(33,34)35;/h2-14,17,23-24,39,42H,15-16,36H2,1H3,(H,37,40)(H,38,41);1H/t17?,23-,24?;/m0./s1. The summed E-state index contributed by atoms with van der Waals surface area (Å²) in [7, 11) is 0. The summed E-state index contributed by atoms with van der Waals surface area (Å²) in [6.07, 6.45) is -12.6. The fourth-order valence-corrected chi connectivity index (χ4v) is 4.33. The summed E-state index contributed by atoms with van der Waals surface area (Å²) < 4.78 is 81.4. The van der Waals surface area contributed by atoms with Crippen molar-refractivity contribution < 1.29 is 50.9 Å². The molecule has 0 fully saturated rings. The first-order chi connectivity index (χ1) is 20.0. The van der Waals surface area contributed by atoms with Gasteiger partial charge in [-0.25, -0.2) is 0 Å². The van der Waals surface area contributed by atoms with E-state index in [1.54, 1.807) is 47.9 Å². The number of rotatable bonds is 11. The van der Waals surface area contributed by atoms with E-state index in [2.05, 4.69) is 0 Å². The van der Waals surface area contributed by atoms with Crippen molar-refractivity contribution in [3.63, 3.8) is 0 Å². The Labute approximate surface area is 254 Å². The minimum atomic E-state index is -5.12. The lowest BCUT2D eigenvalue weighted by atomic mass is 9.78. The van der Waals surface area contributed by atoms with Crippen LogP contribution in [0.3, 0.4) is 0 Å². The second-order valence-corrected chi connectivity index (χ2v) is 9.93. The highest BCUT2D eigenvalue weighted by Gasteiger charge is 2.40. The molecule has 0 saturated heterocycles. The molecule has 44 heavy (non-hydrogen) atoms. The van der Waals surface area contributed by atoms with Crippen molar-refractivity contribution in [3.8, 4) is 5.75 Å². The lowest BCUT2D eigenvalue weighted by Crippen LogP contribution is -2.41. The first kappa shape index (κ1) is 36.3. The summed E-state index contributed by atoms with van der Waals surface area (Å²) in [4.78, 5) is 22.6. The molecule has 3 aromatic rings. The average molecular weight is 650 g/mol. The van der Waals surface area contributed by atoms with Crippen molar-refractivity contribution in [2.24, 2.45) is 11.7 Å². The molecule has 0 heterocycles. The van der Waals surface area contributed by atoms with Crippen molar-refractivity contribution in [2.45, 2.75) is 50.1 Å². The van der Waals surface area contributed by atoms with E-state index < -0.39 is 48.0 Å². The number of aliphatic hydroxyl groups excluding tert-OH is 1. The summed E-state index contributed by atoms with van der Waals surface area (Å²) in [5.74, 6) is -4.43. The van der Waals surface area contributed by atoms with Crippen molar-refractivity contribution in [1.29, 1.82) is 0 Å². The number of benzene rings is 3. The number of aliphatic hydroxyl groups is 2. The molecule has 0 aliphatic heterocycles. The van der Waals surface area contributed by atoms with Crippen LogP contribution in [0.2, 0.25) is 0 Å². The van der Waals surface area contributed by atoms with E-state index in [9.17, 15) is 46.1 Å². The van der Waals surface area contributed by atoms with Crippen LogP contribution in [0.4, 0.5) is 37.7 Å². The third-order valence-electron chi connectivity index (χ3n) is 6.44. The molecule has 2 amide bonds. The lowest BCUT2D eigenvalue weighted by molar-refractivity contribution is -0.167. The topological polar surface area (TPSA) is 134 Å². The first-order valence-corrected chi connectivity index (χ1v) is 12.8. The van der Waals surface area contributed by atoms with Crippen molar-refractivity contribution in [2.75, 3.05) is 10.6 Å². The third-order valence-corrected chi connectivity index (χ3v) is 6.44. The maximum absolute atomic E-state index is 12.6. The van der Waals surface area contributed by atoms with Crippen molar-refractivity contribution in [1.82, 2.24) is 0 Å². The Morgan fingerprint density at radius 1 is 0.795 bits per heavy atom. The fourth-order valence-electron chi connectivity index (χ4n) is 4.33. The van der Waals surface area contributed by atoms with Crippen LogP contribution in [0.25, 0.3) is 0 Å². The molecule has 15 heteroatoms. The van der Waals surface area contributed by atoms with E-state index in [0.29, 0.717) is 5.75 Å². The van der Waals surface area contributed by atoms with Crippen LogP contribution in [-0.2, 0) is 15.2 Å². The van der Waals surface area contributed by atoms with E-state index in [4.69, 9.17) is 10.5 Å². The Kier molecular flexibility index (Phi) is 12.2. The highest BCUT2D eigenvalue weighted by Crippen LogP contribution is 2.38. The van der Waals surface area contributed by atoms with Crippen molar-refractivity contribution >= 4 is 35.6 Å². The monoisotopic (exact) mass is 649 g/mol. The third kappa shape index (κ3) is 9.84. The van der Waals surface area contributed by atoms with Crippen molar-refractivity contribution in [3.05, 3.63) is 90.0 Å². The van der Waals surface area contributed by atoms with Gasteiger partial charge in [-0.2, -0.15) is 26.3 Å². The van der Waals surface area contributed by atoms with Gasteiger partial charge in [0.25, 0.3) is 0 Å². The van der Waals surface area contributed by atoms with Crippen LogP contribution in [0, 0.1) is 5.92 Å². The predicted octanol–water partition coefficient (Wildman–Crippen LogP) is 5.49. The number of hydrogen-bond donors (Lipinski definition) is 5. The zero-order valence-electron chi connectivity index (χ0n) is 23.0. The highest BCUT2D eigenvalue weighted by atomic mass is 35.5. The molecule has 0 bridgehead atoms. The van der Waals surface area contributed by atoms with Crippen LogP contribution in [-0.4, -0.2) is 46.7 Å². The normalized spacial score (nSPS) is 14.0. The number of anilines is 2. The zero-order chi connectivity index (χ0) is 32.0. The van der Waals surface area contributed by atoms with Gasteiger partial charge in [-0.3, -0.25) is 15.3 Å². The van der Waals surface area contributed by atoms with Gasteiger partial charge in [0.15, 0.2) is 6.23 Å². The Bertz CT molecular complexity index is 1300. The zero-order valence-corrected chi connectivity index (χ0v) is 23.8. The van der Waals surface area contributed by atoms with Crippen LogP contribution in [0.15, 0.2) is 78.9 Å². The van der Waals surface area contributed by atoms with Gasteiger partial charge in [0.1, 0.15) is 17.5 Å². The largest absolute Gasteiger partial charge is 0.473 e. The molecular weight excluding hydrogens is 620 g/mol. The van der Waals surface area contributed by atoms with Crippen LogP contribution >= 0.6 is 12.4 Å². The van der Waals surface area contributed by atoms with Gasteiger partial charge >= 0.3 is 24.2 Å². The fraction of sp³-hybridized carbons (Fsp3) is 0.310. The Balaban J connectivity index is 0.00000675. The van der Waals surface area contributed by atoms with E-state index in [-0.39, 0.29) is 47.8 Å². The molecule has 3 rings (SSSR count). The number of hydrogen-bond acceptors (Lipinski definition) is 6. The summed E-state index contributed by atoms with van der Waals surface area (Å²) in [6, 6.07) is 18.2. The number of halogens is 7. The van der Waals surface area contributed by atoms with Crippen LogP contribution < -0.4 is 21.1 Å². The minimum Gasteiger partial charge on any atom is -0.473 e. The Morgan fingerprint density at radius 2 is 1.20 bits per heavy atom. The number of carbonyl (C=O) groups excluding carboxylic acids is 2. The number of amides is 2. The number of para-hydroxylation sites is 1. The van der Waals surface area contributed by atoms with E-state index in [0.717, 1.165) is 24.3 Å². The maximum atomic E-state index is 12.6. The van der Waals surface area contributed by atoms with Crippen LogP contribution in [0.5, 0.6) is 5.75 Å². The molecule has 8 nitrogen and oxygen atoms in total. The minimum absolute atomic E-state index is 0. The van der Waals surface area contributed by atoms with Gasteiger partial charge < -0.3 is 25.6 Å². The molecule has 0 aliphatic rings. The first-order valence-electron chi connectivity index (χ1n) is 12.8. The van der Waals surface area contributed by atoms with E-state index >= 15 is 0 Å². The van der Waals surface area contributed by atoms with E-state index in [1.807, 2.05) is 0 Å². The number of ether oxygens (including phenoxy) is 1.